The van der Waals surface area contributed by atoms with Crippen LogP contribution in [0, 0.1) is 0 Å². The monoisotopic (exact) mass is 369 g/mol. The number of hydrogen-bond acceptors (Lipinski definition) is 4. The van der Waals surface area contributed by atoms with Gasteiger partial charge >= 0.3 is 5.97 Å². The van der Waals surface area contributed by atoms with Crippen LogP contribution in [0.2, 0.25) is 0 Å². The topological polar surface area (TPSA) is 72.9 Å². The van der Waals surface area contributed by atoms with Gasteiger partial charge in [-0.3, -0.25) is 14.5 Å². The molecule has 1 aromatic rings. The lowest BCUT2D eigenvalue weighted by Gasteiger charge is -2.35. The van der Waals surface area contributed by atoms with E-state index >= 15 is 0 Å². The summed E-state index contributed by atoms with van der Waals surface area (Å²) in [6.07, 6.45) is -0.0552. The van der Waals surface area contributed by atoms with Crippen molar-refractivity contribution < 1.29 is 14.7 Å². The van der Waals surface area contributed by atoms with Gasteiger partial charge in [0.25, 0.3) is 0 Å². The number of anilines is 1. The lowest BCUT2D eigenvalue weighted by molar-refractivity contribution is -0.145. The maximum atomic E-state index is 12.2. The average Bonchev–Trinajstić information content (AvgIpc) is 2.48. The fourth-order valence-electron chi connectivity index (χ4n) is 2.45. The van der Waals surface area contributed by atoms with Crippen molar-refractivity contribution in [3.05, 3.63) is 28.7 Å². The number of rotatable bonds is 5. The van der Waals surface area contributed by atoms with Gasteiger partial charge in [0.15, 0.2) is 0 Å². The minimum atomic E-state index is -0.952. The van der Waals surface area contributed by atoms with Gasteiger partial charge in [-0.05, 0) is 35.1 Å². The number of hydrogen-bond donors (Lipinski definition) is 2. The SMILES string of the molecule is CN1CCN([C@@H](CC(=O)Nc2ccccc2Br)C(=O)O)CC1. The highest BCUT2D eigenvalue weighted by atomic mass is 79.9. The minimum Gasteiger partial charge on any atom is -0.480 e. The molecule has 1 fully saturated rings. The summed E-state index contributed by atoms with van der Waals surface area (Å²) < 4.78 is 0.773. The first-order valence-electron chi connectivity index (χ1n) is 7.17. The van der Waals surface area contributed by atoms with Gasteiger partial charge < -0.3 is 15.3 Å². The number of carboxylic acids is 1. The second-order valence-corrected chi connectivity index (χ2v) is 6.28. The van der Waals surface area contributed by atoms with Crippen LogP contribution in [0.1, 0.15) is 6.42 Å². The number of likely N-dealkylation sites (N-methyl/N-ethyl adjacent to an activating group) is 1. The maximum Gasteiger partial charge on any atom is 0.321 e. The summed E-state index contributed by atoms with van der Waals surface area (Å²) in [6, 6.07) is 6.48. The number of aliphatic carboxylic acids is 1. The van der Waals surface area contributed by atoms with Gasteiger partial charge in [-0.25, -0.2) is 0 Å². The Hall–Kier alpha value is -1.44. The minimum absolute atomic E-state index is 0.0552. The summed E-state index contributed by atoms with van der Waals surface area (Å²) in [5.41, 5.74) is 0.648. The molecule has 0 radical (unpaired) electrons. The van der Waals surface area contributed by atoms with Crippen molar-refractivity contribution in [2.45, 2.75) is 12.5 Å². The Morgan fingerprint density at radius 2 is 1.91 bits per heavy atom. The number of piperazine rings is 1. The van der Waals surface area contributed by atoms with Crippen molar-refractivity contribution >= 4 is 33.5 Å². The molecule has 0 saturated carbocycles. The lowest BCUT2D eigenvalue weighted by Crippen LogP contribution is -2.52. The molecule has 1 saturated heterocycles. The summed E-state index contributed by atoms with van der Waals surface area (Å²) in [5, 5.41) is 12.2. The quantitative estimate of drug-likeness (QED) is 0.822. The first-order valence-corrected chi connectivity index (χ1v) is 7.96. The fourth-order valence-corrected chi connectivity index (χ4v) is 2.83. The predicted octanol–water partition coefficient (Wildman–Crippen LogP) is 1.48. The molecule has 1 heterocycles. The second-order valence-electron chi connectivity index (χ2n) is 5.43. The number of halogens is 1. The van der Waals surface area contributed by atoms with Crippen LogP contribution in [0.15, 0.2) is 28.7 Å². The molecule has 1 amide bonds. The number of benzene rings is 1. The number of amides is 1. The summed E-state index contributed by atoms with van der Waals surface area (Å²) in [4.78, 5) is 27.7. The molecule has 0 aliphatic carbocycles. The molecule has 0 spiro atoms. The maximum absolute atomic E-state index is 12.2. The molecular weight excluding hydrogens is 350 g/mol. The largest absolute Gasteiger partial charge is 0.480 e. The molecule has 1 aromatic carbocycles. The molecule has 120 valence electrons. The highest BCUT2D eigenvalue weighted by molar-refractivity contribution is 9.10. The van der Waals surface area contributed by atoms with Crippen LogP contribution in [0.4, 0.5) is 5.69 Å². The van der Waals surface area contributed by atoms with Crippen LogP contribution in [0.5, 0.6) is 0 Å². The van der Waals surface area contributed by atoms with Gasteiger partial charge in [-0.1, -0.05) is 12.1 Å². The van der Waals surface area contributed by atoms with Gasteiger partial charge in [-0.2, -0.15) is 0 Å². The Kier molecular flexibility index (Phi) is 5.93. The van der Waals surface area contributed by atoms with Crippen LogP contribution in [-0.4, -0.2) is 66.1 Å². The summed E-state index contributed by atoms with van der Waals surface area (Å²) in [6.45, 7) is 2.96. The molecule has 0 bridgehead atoms. The highest BCUT2D eigenvalue weighted by Gasteiger charge is 2.30. The van der Waals surface area contributed by atoms with E-state index in [1.54, 1.807) is 6.07 Å². The van der Waals surface area contributed by atoms with Crippen LogP contribution in [0.3, 0.4) is 0 Å². The van der Waals surface area contributed by atoms with E-state index in [0.29, 0.717) is 18.8 Å². The number of carbonyl (C=O) groups excluding carboxylic acids is 1. The van der Waals surface area contributed by atoms with Gasteiger partial charge in [-0.15, -0.1) is 0 Å². The standard InChI is InChI=1S/C15H20BrN3O3/c1-18-6-8-19(9-7-18)13(15(21)22)10-14(20)17-12-5-3-2-4-11(12)16/h2-5,13H,6-10H2,1H3,(H,17,20)(H,21,22)/t13-/m0/s1. The first kappa shape index (κ1) is 16.9. The molecule has 6 nitrogen and oxygen atoms in total. The molecule has 0 unspecified atom stereocenters. The third-order valence-corrected chi connectivity index (χ3v) is 4.48. The van der Waals surface area contributed by atoms with Crippen LogP contribution >= 0.6 is 15.9 Å². The average molecular weight is 370 g/mol. The van der Waals surface area contributed by atoms with Crippen molar-refractivity contribution in [3.8, 4) is 0 Å². The van der Waals surface area contributed by atoms with E-state index in [1.165, 1.54) is 0 Å². The molecule has 2 N–H and O–H groups in total. The molecule has 1 aliphatic rings. The van der Waals surface area contributed by atoms with E-state index in [9.17, 15) is 14.7 Å². The van der Waals surface area contributed by atoms with Gasteiger partial charge in [0.1, 0.15) is 6.04 Å². The Labute approximate surface area is 138 Å². The summed E-state index contributed by atoms with van der Waals surface area (Å²) in [7, 11) is 2.01. The van der Waals surface area contributed by atoms with E-state index < -0.39 is 12.0 Å². The van der Waals surface area contributed by atoms with Crippen molar-refractivity contribution in [1.82, 2.24) is 9.80 Å². The summed E-state index contributed by atoms with van der Waals surface area (Å²) in [5.74, 6) is -1.25. The molecular formula is C15H20BrN3O3. The summed E-state index contributed by atoms with van der Waals surface area (Å²) >= 11 is 3.36. The zero-order valence-electron chi connectivity index (χ0n) is 12.5. The van der Waals surface area contributed by atoms with E-state index in [1.807, 2.05) is 30.1 Å². The van der Waals surface area contributed by atoms with E-state index in [4.69, 9.17) is 0 Å². The zero-order chi connectivity index (χ0) is 16.1. The van der Waals surface area contributed by atoms with Crippen LogP contribution < -0.4 is 5.32 Å². The van der Waals surface area contributed by atoms with Gasteiger partial charge in [0, 0.05) is 30.7 Å². The third kappa shape index (κ3) is 4.53. The van der Waals surface area contributed by atoms with E-state index in [0.717, 1.165) is 17.6 Å². The first-order chi connectivity index (χ1) is 10.5. The Bertz CT molecular complexity index is 545. The van der Waals surface area contributed by atoms with Crippen LogP contribution in [-0.2, 0) is 9.59 Å². The van der Waals surface area contributed by atoms with Crippen molar-refractivity contribution in [3.63, 3.8) is 0 Å². The van der Waals surface area contributed by atoms with E-state index in [2.05, 4.69) is 26.1 Å². The van der Waals surface area contributed by atoms with Crippen molar-refractivity contribution in [2.75, 3.05) is 38.5 Å². The smallest absolute Gasteiger partial charge is 0.321 e. The van der Waals surface area contributed by atoms with Crippen LogP contribution in [0.25, 0.3) is 0 Å². The van der Waals surface area contributed by atoms with Crippen molar-refractivity contribution in [2.24, 2.45) is 0 Å². The predicted molar refractivity (Wildman–Crippen MR) is 87.9 cm³/mol. The van der Waals surface area contributed by atoms with E-state index in [-0.39, 0.29) is 12.3 Å². The zero-order valence-corrected chi connectivity index (χ0v) is 14.0. The highest BCUT2D eigenvalue weighted by Crippen LogP contribution is 2.21. The Morgan fingerprint density at radius 1 is 1.27 bits per heavy atom. The number of carbonyl (C=O) groups is 2. The molecule has 1 atom stereocenters. The molecule has 2 rings (SSSR count). The van der Waals surface area contributed by atoms with Crippen molar-refractivity contribution in [1.29, 1.82) is 0 Å². The van der Waals surface area contributed by atoms with Gasteiger partial charge in [0.2, 0.25) is 5.91 Å². The Balaban J connectivity index is 1.97. The number of carboxylic acid groups (broad SMARTS) is 1. The molecule has 7 heteroatoms. The molecule has 0 aromatic heterocycles. The number of para-hydroxylation sites is 1. The third-order valence-electron chi connectivity index (χ3n) is 3.79. The van der Waals surface area contributed by atoms with Gasteiger partial charge in [0.05, 0.1) is 12.1 Å². The lowest BCUT2D eigenvalue weighted by atomic mass is 10.1. The second kappa shape index (κ2) is 7.71. The molecule has 1 aliphatic heterocycles. The Morgan fingerprint density at radius 3 is 2.50 bits per heavy atom. The number of nitrogens with zero attached hydrogens (tertiary/aromatic N) is 2. The normalized spacial score (nSPS) is 17.9. The number of nitrogens with one attached hydrogen (secondary N) is 1. The molecule has 22 heavy (non-hydrogen) atoms. The fraction of sp³-hybridized carbons (Fsp3) is 0.467.